The van der Waals surface area contributed by atoms with Crippen molar-refractivity contribution in [2.75, 3.05) is 13.1 Å². The maximum absolute atomic E-state index is 11.9. The molecule has 1 aliphatic rings. The van der Waals surface area contributed by atoms with Crippen LogP contribution in [-0.4, -0.2) is 33.7 Å². The molecule has 0 bridgehead atoms. The number of hydrogen-bond acceptors (Lipinski definition) is 1. The highest BCUT2D eigenvalue weighted by molar-refractivity contribution is 6.53. The van der Waals surface area contributed by atoms with Crippen molar-refractivity contribution in [3.05, 3.63) is 35.0 Å². The van der Waals surface area contributed by atoms with Gasteiger partial charge in [-0.2, -0.15) is 0 Å². The number of aromatic nitrogens is 1. The number of nitrogens with one attached hydrogen (secondary N) is 1. The molecule has 5 heteroatoms. The molecular formula is C15H16Cl2N2O. The summed E-state index contributed by atoms with van der Waals surface area (Å²) in [4.78, 5) is 16.1. The van der Waals surface area contributed by atoms with E-state index in [1.54, 1.807) is 4.90 Å². The Morgan fingerprint density at radius 1 is 1.30 bits per heavy atom. The van der Waals surface area contributed by atoms with Crippen LogP contribution in [0.4, 0.5) is 0 Å². The normalized spacial score (nSPS) is 15.5. The van der Waals surface area contributed by atoms with Crippen molar-refractivity contribution in [3.8, 4) is 0 Å². The number of benzene rings is 1. The molecule has 0 fully saturated rings. The molecular weight excluding hydrogens is 295 g/mol. The number of H-pyrrole nitrogens is 1. The van der Waals surface area contributed by atoms with Gasteiger partial charge in [0.2, 0.25) is 0 Å². The summed E-state index contributed by atoms with van der Waals surface area (Å²) < 4.78 is 0. The van der Waals surface area contributed by atoms with E-state index in [1.807, 2.05) is 0 Å². The quantitative estimate of drug-likeness (QED) is 0.807. The fourth-order valence-electron chi connectivity index (χ4n) is 2.88. The monoisotopic (exact) mass is 310 g/mol. The molecule has 1 aliphatic heterocycles. The lowest BCUT2D eigenvalue weighted by Gasteiger charge is -2.20. The molecule has 3 nitrogen and oxygen atoms in total. The summed E-state index contributed by atoms with van der Waals surface area (Å²) in [5.74, 6) is -0.195. The van der Waals surface area contributed by atoms with E-state index < -0.39 is 4.84 Å². The molecule has 0 saturated carbocycles. The molecule has 0 unspecified atom stereocenters. The van der Waals surface area contributed by atoms with Gasteiger partial charge in [-0.05, 0) is 31.0 Å². The van der Waals surface area contributed by atoms with Gasteiger partial charge in [0.05, 0.1) is 0 Å². The van der Waals surface area contributed by atoms with Gasteiger partial charge in [0.1, 0.15) is 0 Å². The van der Waals surface area contributed by atoms with Crippen LogP contribution in [0, 0.1) is 6.92 Å². The number of fused-ring (bicyclic) bond motifs is 3. The van der Waals surface area contributed by atoms with E-state index in [-0.39, 0.29) is 5.91 Å². The summed E-state index contributed by atoms with van der Waals surface area (Å²) in [7, 11) is 0. The van der Waals surface area contributed by atoms with Gasteiger partial charge < -0.3 is 9.88 Å². The summed E-state index contributed by atoms with van der Waals surface area (Å²) in [6.07, 6.45) is 1.65. The van der Waals surface area contributed by atoms with Crippen LogP contribution in [0.5, 0.6) is 0 Å². The number of hydrogen-bond donors (Lipinski definition) is 1. The van der Waals surface area contributed by atoms with Crippen LogP contribution < -0.4 is 0 Å². The molecule has 1 N–H and O–H groups in total. The second-order valence-corrected chi connectivity index (χ2v) is 6.35. The zero-order valence-corrected chi connectivity index (χ0v) is 12.8. The Labute approximate surface area is 127 Å². The molecule has 1 aromatic heterocycles. The van der Waals surface area contributed by atoms with Crippen LogP contribution in [0.25, 0.3) is 10.9 Å². The van der Waals surface area contributed by atoms with Gasteiger partial charge in [-0.3, -0.25) is 4.79 Å². The minimum atomic E-state index is -0.967. The number of aromatic amines is 1. The number of amides is 1. The fraction of sp³-hybridized carbons (Fsp3) is 0.400. The van der Waals surface area contributed by atoms with Gasteiger partial charge in [0, 0.05) is 36.1 Å². The number of rotatable bonds is 1. The van der Waals surface area contributed by atoms with Crippen molar-refractivity contribution in [1.82, 2.24) is 9.88 Å². The zero-order chi connectivity index (χ0) is 14.3. The third-order valence-corrected chi connectivity index (χ3v) is 4.29. The zero-order valence-electron chi connectivity index (χ0n) is 11.2. The molecule has 1 amide bonds. The summed E-state index contributed by atoms with van der Waals surface area (Å²) in [6, 6.07) is 6.43. The van der Waals surface area contributed by atoms with Gasteiger partial charge in [-0.25, -0.2) is 0 Å². The highest BCUT2D eigenvalue weighted by atomic mass is 35.5. The molecule has 20 heavy (non-hydrogen) atoms. The summed E-state index contributed by atoms with van der Waals surface area (Å²) in [5, 5.41) is 1.27. The molecule has 3 rings (SSSR count). The van der Waals surface area contributed by atoms with E-state index in [1.165, 1.54) is 27.7 Å². The Hall–Kier alpha value is -1.19. The number of carbonyl (C=O) groups excluding carboxylic acids is 1. The predicted octanol–water partition coefficient (Wildman–Crippen LogP) is 3.21. The molecule has 0 spiro atoms. The summed E-state index contributed by atoms with van der Waals surface area (Å²) in [6.45, 7) is 3.42. The van der Waals surface area contributed by atoms with Crippen molar-refractivity contribution in [1.29, 1.82) is 0 Å². The lowest BCUT2D eigenvalue weighted by molar-refractivity contribution is -0.129. The molecule has 2 aromatic rings. The summed E-state index contributed by atoms with van der Waals surface area (Å²) >= 11 is 11.4. The van der Waals surface area contributed by atoms with E-state index in [0.717, 1.165) is 12.8 Å². The number of halogens is 2. The van der Waals surface area contributed by atoms with Gasteiger partial charge in [-0.15, -0.1) is 0 Å². The minimum absolute atomic E-state index is 0.195. The van der Waals surface area contributed by atoms with Crippen molar-refractivity contribution in [3.63, 3.8) is 0 Å². The largest absolute Gasteiger partial charge is 0.358 e. The molecule has 0 saturated heterocycles. The summed E-state index contributed by atoms with van der Waals surface area (Å²) in [5.41, 5.74) is 4.97. The Morgan fingerprint density at radius 2 is 2.05 bits per heavy atom. The van der Waals surface area contributed by atoms with E-state index in [9.17, 15) is 4.79 Å². The van der Waals surface area contributed by atoms with Gasteiger partial charge >= 0.3 is 0 Å². The first-order chi connectivity index (χ1) is 9.56. The lowest BCUT2D eigenvalue weighted by Crippen LogP contribution is -2.36. The standard InChI is InChI=1S/C15H16Cl2N2O/c1-9-2-3-12-11(8-9)10-4-6-19(15(20)14(16)17)7-5-13(10)18-12/h2-3,8,14,18H,4-7H2,1H3. The maximum atomic E-state index is 11.9. The van der Waals surface area contributed by atoms with E-state index >= 15 is 0 Å². The topological polar surface area (TPSA) is 36.1 Å². The van der Waals surface area contributed by atoms with Crippen LogP contribution in [0.3, 0.4) is 0 Å². The molecule has 0 radical (unpaired) electrons. The van der Waals surface area contributed by atoms with E-state index in [0.29, 0.717) is 13.1 Å². The molecule has 1 aromatic carbocycles. The average molecular weight is 311 g/mol. The van der Waals surface area contributed by atoms with Crippen LogP contribution in [-0.2, 0) is 17.6 Å². The highest BCUT2D eigenvalue weighted by Crippen LogP contribution is 2.27. The first-order valence-corrected chi connectivity index (χ1v) is 7.60. The van der Waals surface area contributed by atoms with Crippen LogP contribution >= 0.6 is 23.2 Å². The van der Waals surface area contributed by atoms with Gasteiger partial charge in [-0.1, -0.05) is 34.8 Å². The Kier molecular flexibility index (Phi) is 3.65. The highest BCUT2D eigenvalue weighted by Gasteiger charge is 2.24. The second-order valence-electron chi connectivity index (χ2n) is 5.26. The van der Waals surface area contributed by atoms with Crippen molar-refractivity contribution in [2.24, 2.45) is 0 Å². The average Bonchev–Trinajstić information content (AvgIpc) is 2.62. The SMILES string of the molecule is Cc1ccc2[nH]c3c(c2c1)CCN(C(=O)C(Cl)Cl)CC3. The minimum Gasteiger partial charge on any atom is -0.358 e. The molecule has 2 heterocycles. The van der Waals surface area contributed by atoms with Gasteiger partial charge in [0.15, 0.2) is 4.84 Å². The second kappa shape index (κ2) is 5.30. The number of aryl methyl sites for hydroxylation is 1. The lowest BCUT2D eigenvalue weighted by atomic mass is 10.1. The Bertz CT molecular complexity index is 663. The molecule has 0 aliphatic carbocycles. The number of nitrogens with zero attached hydrogens (tertiary/aromatic N) is 1. The Morgan fingerprint density at radius 3 is 2.80 bits per heavy atom. The smallest absolute Gasteiger partial charge is 0.255 e. The number of carbonyl (C=O) groups is 1. The third-order valence-electron chi connectivity index (χ3n) is 3.91. The predicted molar refractivity (Wildman–Crippen MR) is 82.5 cm³/mol. The molecule has 106 valence electrons. The Balaban J connectivity index is 1.92. The van der Waals surface area contributed by atoms with E-state index in [2.05, 4.69) is 30.1 Å². The van der Waals surface area contributed by atoms with Crippen LogP contribution in [0.2, 0.25) is 0 Å². The maximum Gasteiger partial charge on any atom is 0.255 e. The number of alkyl halides is 2. The van der Waals surface area contributed by atoms with Crippen molar-refractivity contribution < 1.29 is 4.79 Å². The van der Waals surface area contributed by atoms with Crippen molar-refractivity contribution >= 4 is 40.0 Å². The fourth-order valence-corrected chi connectivity index (χ4v) is 3.16. The van der Waals surface area contributed by atoms with E-state index in [4.69, 9.17) is 23.2 Å². The first kappa shape index (κ1) is 13.8. The molecule has 0 atom stereocenters. The van der Waals surface area contributed by atoms with Crippen LogP contribution in [0.15, 0.2) is 18.2 Å². The van der Waals surface area contributed by atoms with Crippen molar-refractivity contribution in [2.45, 2.75) is 24.6 Å². The third kappa shape index (κ3) is 2.40. The van der Waals surface area contributed by atoms with Crippen LogP contribution in [0.1, 0.15) is 16.8 Å². The van der Waals surface area contributed by atoms with Gasteiger partial charge in [0.25, 0.3) is 5.91 Å². The first-order valence-electron chi connectivity index (χ1n) is 6.73.